The second-order valence-electron chi connectivity index (χ2n) is 6.83. The molecule has 152 valence electrons. The maximum absolute atomic E-state index is 12.9. The number of carbonyl (C=O) groups excluding carboxylic acids is 1. The average Bonchev–Trinajstić information content (AvgIpc) is 2.97. The van der Waals surface area contributed by atoms with E-state index in [0.29, 0.717) is 29.1 Å². The van der Waals surface area contributed by atoms with Gasteiger partial charge in [-0.1, -0.05) is 36.4 Å². The van der Waals surface area contributed by atoms with Gasteiger partial charge in [-0.3, -0.25) is 9.48 Å². The molecule has 3 aromatic rings. The van der Waals surface area contributed by atoms with Gasteiger partial charge in [0, 0.05) is 11.4 Å². The molecule has 3 rings (SSSR count). The van der Waals surface area contributed by atoms with E-state index in [9.17, 15) is 13.2 Å². The van der Waals surface area contributed by atoms with E-state index in [-0.39, 0.29) is 10.8 Å². The van der Waals surface area contributed by atoms with Crippen LogP contribution in [-0.2, 0) is 16.6 Å². The molecule has 7 nitrogen and oxygen atoms in total. The van der Waals surface area contributed by atoms with Crippen molar-refractivity contribution < 1.29 is 13.2 Å². The van der Waals surface area contributed by atoms with Crippen LogP contribution in [0.4, 0.5) is 5.69 Å². The van der Waals surface area contributed by atoms with Gasteiger partial charge in [0.15, 0.2) is 0 Å². The zero-order valence-corrected chi connectivity index (χ0v) is 17.7. The van der Waals surface area contributed by atoms with E-state index >= 15 is 0 Å². The van der Waals surface area contributed by atoms with Crippen molar-refractivity contribution >= 4 is 21.6 Å². The Morgan fingerprint density at radius 3 is 2.41 bits per heavy atom. The van der Waals surface area contributed by atoms with Crippen molar-refractivity contribution in [2.24, 2.45) is 0 Å². The van der Waals surface area contributed by atoms with E-state index in [1.54, 1.807) is 30.7 Å². The van der Waals surface area contributed by atoms with Crippen LogP contribution in [-0.4, -0.2) is 31.2 Å². The molecule has 0 aliphatic heterocycles. The smallest absolute Gasteiger partial charge is 0.259 e. The Labute approximate surface area is 170 Å². The molecule has 0 bridgehead atoms. The molecular weight excluding hydrogens is 388 g/mol. The standard InChI is InChI=1S/C21H24N4O3S/c1-14-10-11-18(12-19(14)29(27,28)22-4)23-21(26)20-15(2)24-25(16(20)3)13-17-8-6-5-7-9-17/h5-12,22H,13H2,1-4H3,(H,23,26). The summed E-state index contributed by atoms with van der Waals surface area (Å²) in [7, 11) is -2.26. The number of benzene rings is 2. The van der Waals surface area contributed by atoms with Gasteiger partial charge >= 0.3 is 0 Å². The molecule has 1 aromatic heterocycles. The highest BCUT2D eigenvalue weighted by atomic mass is 32.2. The molecular formula is C21H24N4O3S. The van der Waals surface area contributed by atoms with Gasteiger partial charge in [0.05, 0.1) is 22.7 Å². The highest BCUT2D eigenvalue weighted by Crippen LogP contribution is 2.22. The van der Waals surface area contributed by atoms with Gasteiger partial charge in [-0.15, -0.1) is 0 Å². The number of aromatic nitrogens is 2. The van der Waals surface area contributed by atoms with Gasteiger partial charge in [0.25, 0.3) is 5.91 Å². The molecule has 0 spiro atoms. The van der Waals surface area contributed by atoms with Gasteiger partial charge in [0.2, 0.25) is 10.0 Å². The van der Waals surface area contributed by atoms with Crippen molar-refractivity contribution in [1.82, 2.24) is 14.5 Å². The molecule has 0 aliphatic rings. The van der Waals surface area contributed by atoms with E-state index in [4.69, 9.17) is 0 Å². The number of hydrogen-bond acceptors (Lipinski definition) is 4. The van der Waals surface area contributed by atoms with Crippen LogP contribution >= 0.6 is 0 Å². The summed E-state index contributed by atoms with van der Waals surface area (Å²) in [5, 5.41) is 7.30. The lowest BCUT2D eigenvalue weighted by Gasteiger charge is -2.11. The molecule has 1 amide bonds. The summed E-state index contributed by atoms with van der Waals surface area (Å²) >= 11 is 0. The number of amides is 1. The third-order valence-electron chi connectivity index (χ3n) is 4.79. The fourth-order valence-corrected chi connectivity index (χ4v) is 4.20. The third-order valence-corrected chi connectivity index (χ3v) is 6.34. The second kappa shape index (κ2) is 8.18. The lowest BCUT2D eigenvalue weighted by Crippen LogP contribution is -2.20. The quantitative estimate of drug-likeness (QED) is 0.651. The molecule has 29 heavy (non-hydrogen) atoms. The van der Waals surface area contributed by atoms with Crippen molar-refractivity contribution in [3.8, 4) is 0 Å². The highest BCUT2D eigenvalue weighted by Gasteiger charge is 2.20. The van der Waals surface area contributed by atoms with Gasteiger partial charge in [0.1, 0.15) is 0 Å². The summed E-state index contributed by atoms with van der Waals surface area (Å²) in [4.78, 5) is 13.0. The minimum Gasteiger partial charge on any atom is -0.322 e. The van der Waals surface area contributed by atoms with Crippen LogP contribution in [0.3, 0.4) is 0 Å². The van der Waals surface area contributed by atoms with Crippen LogP contribution in [0.15, 0.2) is 53.4 Å². The van der Waals surface area contributed by atoms with Crippen LogP contribution in [0.25, 0.3) is 0 Å². The molecule has 0 fully saturated rings. The molecule has 0 unspecified atom stereocenters. The molecule has 0 atom stereocenters. The molecule has 8 heteroatoms. The molecule has 0 saturated carbocycles. The first-order valence-corrected chi connectivity index (χ1v) is 10.6. The molecule has 1 heterocycles. The van der Waals surface area contributed by atoms with Gasteiger partial charge in [-0.2, -0.15) is 5.10 Å². The first-order chi connectivity index (χ1) is 13.7. The Kier molecular flexibility index (Phi) is 5.86. The lowest BCUT2D eigenvalue weighted by molar-refractivity contribution is 0.102. The van der Waals surface area contributed by atoms with Crippen LogP contribution in [0.1, 0.15) is 32.9 Å². The lowest BCUT2D eigenvalue weighted by atomic mass is 10.1. The molecule has 0 radical (unpaired) electrons. The minimum atomic E-state index is -3.62. The maximum Gasteiger partial charge on any atom is 0.259 e. The Balaban J connectivity index is 1.88. The zero-order valence-electron chi connectivity index (χ0n) is 16.9. The molecule has 2 N–H and O–H groups in total. The van der Waals surface area contributed by atoms with Crippen LogP contribution in [0.2, 0.25) is 0 Å². The largest absolute Gasteiger partial charge is 0.322 e. The summed E-state index contributed by atoms with van der Waals surface area (Å²) in [6.45, 7) is 5.91. The second-order valence-corrected chi connectivity index (χ2v) is 8.69. The number of sulfonamides is 1. The Bertz CT molecular complexity index is 1150. The minimum absolute atomic E-state index is 0.131. The summed E-state index contributed by atoms with van der Waals surface area (Å²) < 4.78 is 28.5. The van der Waals surface area contributed by atoms with Crippen LogP contribution in [0, 0.1) is 20.8 Å². The van der Waals surface area contributed by atoms with E-state index in [0.717, 1.165) is 11.3 Å². The number of hydrogen-bond donors (Lipinski definition) is 2. The van der Waals surface area contributed by atoms with E-state index in [1.165, 1.54) is 13.1 Å². The fourth-order valence-electron chi connectivity index (χ4n) is 3.21. The zero-order chi connectivity index (χ0) is 21.2. The topological polar surface area (TPSA) is 93.1 Å². The van der Waals surface area contributed by atoms with Crippen molar-refractivity contribution in [2.45, 2.75) is 32.2 Å². The van der Waals surface area contributed by atoms with Crippen molar-refractivity contribution in [2.75, 3.05) is 12.4 Å². The first kappa shape index (κ1) is 20.8. The molecule has 2 aromatic carbocycles. The van der Waals surface area contributed by atoms with Crippen LogP contribution in [0.5, 0.6) is 0 Å². The number of nitrogens with zero attached hydrogens (tertiary/aromatic N) is 2. The van der Waals surface area contributed by atoms with Crippen molar-refractivity contribution in [3.63, 3.8) is 0 Å². The summed E-state index contributed by atoms with van der Waals surface area (Å²) in [6, 6.07) is 14.7. The van der Waals surface area contributed by atoms with Crippen molar-refractivity contribution in [3.05, 3.63) is 76.6 Å². The molecule has 0 saturated heterocycles. The highest BCUT2D eigenvalue weighted by molar-refractivity contribution is 7.89. The summed E-state index contributed by atoms with van der Waals surface area (Å²) in [5.41, 5.74) is 3.94. The normalized spacial score (nSPS) is 11.4. The Hall–Kier alpha value is -2.97. The van der Waals surface area contributed by atoms with Gasteiger partial charge in [-0.25, -0.2) is 13.1 Å². The number of anilines is 1. The average molecular weight is 413 g/mol. The first-order valence-electron chi connectivity index (χ1n) is 9.16. The molecule has 0 aliphatic carbocycles. The van der Waals surface area contributed by atoms with Gasteiger partial charge in [-0.05, 0) is 51.1 Å². The monoisotopic (exact) mass is 412 g/mol. The maximum atomic E-state index is 12.9. The van der Waals surface area contributed by atoms with E-state index in [2.05, 4.69) is 15.1 Å². The number of rotatable bonds is 6. The van der Waals surface area contributed by atoms with E-state index in [1.807, 2.05) is 37.3 Å². The predicted octanol–water partition coefficient (Wildman–Crippen LogP) is 3.02. The number of aryl methyl sites for hydroxylation is 2. The Morgan fingerprint density at radius 2 is 1.76 bits per heavy atom. The van der Waals surface area contributed by atoms with E-state index < -0.39 is 10.0 Å². The van der Waals surface area contributed by atoms with Crippen molar-refractivity contribution in [1.29, 1.82) is 0 Å². The number of nitrogens with one attached hydrogen (secondary N) is 2. The number of carbonyl (C=O) groups is 1. The summed E-state index contributed by atoms with van der Waals surface area (Å²) in [5.74, 6) is -0.323. The summed E-state index contributed by atoms with van der Waals surface area (Å²) in [6.07, 6.45) is 0. The Morgan fingerprint density at radius 1 is 1.07 bits per heavy atom. The van der Waals surface area contributed by atoms with Crippen LogP contribution < -0.4 is 10.0 Å². The SMILES string of the molecule is CNS(=O)(=O)c1cc(NC(=O)c2c(C)nn(Cc3ccccc3)c2C)ccc1C. The predicted molar refractivity (Wildman–Crippen MR) is 113 cm³/mol. The third kappa shape index (κ3) is 4.38. The fraction of sp³-hybridized carbons (Fsp3) is 0.238. The van der Waals surface area contributed by atoms with Gasteiger partial charge < -0.3 is 5.32 Å².